The summed E-state index contributed by atoms with van der Waals surface area (Å²) in [6, 6.07) is 11.6. The zero-order valence-corrected chi connectivity index (χ0v) is 34.9. The van der Waals surface area contributed by atoms with E-state index in [2.05, 4.69) is 71.9 Å². The normalized spacial score (nSPS) is 32.5. The third-order valence-electron chi connectivity index (χ3n) is 15.1. The van der Waals surface area contributed by atoms with Crippen LogP contribution < -0.4 is 5.32 Å². The van der Waals surface area contributed by atoms with Gasteiger partial charge in [-0.1, -0.05) is 64.8 Å². The topological polar surface area (TPSA) is 121 Å². The fourth-order valence-corrected chi connectivity index (χ4v) is 12.8. The number of hydrogen-bond donors (Lipinski definition) is 3. The predicted octanol–water partition coefficient (Wildman–Crippen LogP) is 9.95. The first-order chi connectivity index (χ1) is 26.5. The Morgan fingerprint density at radius 3 is 2.36 bits per heavy atom. The Morgan fingerprint density at radius 1 is 0.891 bits per heavy atom. The lowest BCUT2D eigenvalue weighted by Gasteiger charge is -2.68. The zero-order valence-electron chi connectivity index (χ0n) is 34.9. The third kappa shape index (κ3) is 8.46. The van der Waals surface area contributed by atoms with Gasteiger partial charge in [0.05, 0.1) is 0 Å². The number of fused-ring (bicyclic) bond motifs is 7. The van der Waals surface area contributed by atoms with Gasteiger partial charge in [0, 0.05) is 29.8 Å². The molecule has 0 aliphatic heterocycles. The SMILES string of the molecule is C=CC.CC1(C)CCCC2(C)C1CCC1(C)C3CCC4(C=O)CCCC4C3CCC12.CNCCc1cccc(-c2n[nH]c(-c3ccc(C=O)cn3)n2)c1.CO. The van der Waals surface area contributed by atoms with E-state index in [-0.39, 0.29) is 5.41 Å². The average Bonchev–Trinajstić information content (AvgIpc) is 3.87. The summed E-state index contributed by atoms with van der Waals surface area (Å²) in [5.41, 5.74) is 5.11. The van der Waals surface area contributed by atoms with E-state index in [1.54, 1.807) is 18.2 Å². The number of likely N-dealkylation sites (N-methyl/N-ethyl adjacent to an activating group) is 1. The Hall–Kier alpha value is -3.49. The van der Waals surface area contributed by atoms with Crippen LogP contribution in [0.1, 0.15) is 128 Å². The van der Waals surface area contributed by atoms with Crippen molar-refractivity contribution in [2.75, 3.05) is 20.7 Å². The molecule has 5 aliphatic carbocycles. The second kappa shape index (κ2) is 18.2. The van der Waals surface area contributed by atoms with Gasteiger partial charge in [-0.3, -0.25) is 14.9 Å². The van der Waals surface area contributed by atoms with Gasteiger partial charge in [-0.05, 0) is 161 Å². The number of nitrogens with one attached hydrogen (secondary N) is 2. The van der Waals surface area contributed by atoms with Crippen LogP contribution in [0.3, 0.4) is 0 Å². The molecule has 8 atom stereocenters. The largest absolute Gasteiger partial charge is 0.400 e. The number of hydrogen-bond acceptors (Lipinski definition) is 7. The second-order valence-electron chi connectivity index (χ2n) is 18.3. The summed E-state index contributed by atoms with van der Waals surface area (Å²) in [5, 5.41) is 17.3. The zero-order chi connectivity index (χ0) is 39.9. The molecule has 0 spiro atoms. The summed E-state index contributed by atoms with van der Waals surface area (Å²) >= 11 is 0. The second-order valence-corrected chi connectivity index (χ2v) is 18.3. The maximum atomic E-state index is 12.1. The van der Waals surface area contributed by atoms with Crippen LogP contribution in [-0.4, -0.2) is 58.5 Å². The average molecular weight is 752 g/mol. The van der Waals surface area contributed by atoms with Gasteiger partial charge in [-0.15, -0.1) is 6.58 Å². The van der Waals surface area contributed by atoms with E-state index in [0.29, 0.717) is 39.2 Å². The maximum Gasteiger partial charge on any atom is 0.181 e. The van der Waals surface area contributed by atoms with Crippen LogP contribution in [0.15, 0.2) is 55.3 Å². The van der Waals surface area contributed by atoms with E-state index in [9.17, 15) is 9.59 Å². The smallest absolute Gasteiger partial charge is 0.181 e. The highest BCUT2D eigenvalue weighted by atomic mass is 16.2. The first-order valence-corrected chi connectivity index (χ1v) is 21.0. The molecule has 1 aromatic carbocycles. The van der Waals surface area contributed by atoms with Crippen molar-refractivity contribution in [2.45, 2.75) is 118 Å². The molecule has 0 amide bonds. The van der Waals surface area contributed by atoms with Crippen molar-refractivity contribution in [1.29, 1.82) is 0 Å². The van der Waals surface area contributed by atoms with Crippen molar-refractivity contribution in [1.82, 2.24) is 25.5 Å². The molecule has 300 valence electrons. The van der Waals surface area contributed by atoms with Crippen molar-refractivity contribution in [2.24, 2.45) is 51.2 Å². The first kappa shape index (κ1) is 42.6. The number of H-pyrrole nitrogens is 1. The minimum absolute atomic E-state index is 0.0816. The van der Waals surface area contributed by atoms with Crippen LogP contribution >= 0.6 is 0 Å². The van der Waals surface area contributed by atoms with Gasteiger partial charge in [0.15, 0.2) is 17.9 Å². The monoisotopic (exact) mass is 752 g/mol. The van der Waals surface area contributed by atoms with E-state index in [1.165, 1.54) is 95.1 Å². The van der Waals surface area contributed by atoms with Crippen LogP contribution in [0.4, 0.5) is 0 Å². The van der Waals surface area contributed by atoms with Gasteiger partial charge in [-0.25, -0.2) is 4.98 Å². The summed E-state index contributed by atoms with van der Waals surface area (Å²) in [6.07, 6.45) is 22.9. The molecule has 0 saturated heterocycles. The number of carbonyl (C=O) groups excluding carboxylic acids is 2. The number of aldehydes is 2. The molecule has 8 heteroatoms. The Bertz CT molecular complexity index is 1720. The summed E-state index contributed by atoms with van der Waals surface area (Å²) < 4.78 is 0. The number of rotatable bonds is 7. The first-order valence-electron chi connectivity index (χ1n) is 21.0. The molecule has 8 rings (SSSR count). The summed E-state index contributed by atoms with van der Waals surface area (Å²) in [5.74, 6) is 5.54. The van der Waals surface area contributed by atoms with E-state index >= 15 is 0 Å². The molecule has 5 aliphatic rings. The number of benzene rings is 1. The van der Waals surface area contributed by atoms with Crippen LogP contribution in [0.25, 0.3) is 22.9 Å². The van der Waals surface area contributed by atoms with Crippen molar-refractivity contribution in [3.05, 3.63) is 66.4 Å². The molecular formula is C47H69N5O3. The van der Waals surface area contributed by atoms with Crippen LogP contribution in [0.5, 0.6) is 0 Å². The highest BCUT2D eigenvalue weighted by molar-refractivity contribution is 5.74. The highest BCUT2D eigenvalue weighted by Crippen LogP contribution is 2.72. The number of aliphatic hydroxyl groups is 1. The molecule has 3 aromatic rings. The fourth-order valence-electron chi connectivity index (χ4n) is 12.8. The van der Waals surface area contributed by atoms with E-state index in [4.69, 9.17) is 5.11 Å². The molecule has 5 fully saturated rings. The number of carbonyl (C=O) groups is 2. The van der Waals surface area contributed by atoms with Crippen LogP contribution in [0.2, 0.25) is 0 Å². The Labute approximate surface area is 331 Å². The van der Waals surface area contributed by atoms with Crippen molar-refractivity contribution < 1.29 is 14.7 Å². The summed E-state index contributed by atoms with van der Waals surface area (Å²) in [6.45, 7) is 16.7. The lowest BCUT2D eigenvalue weighted by molar-refractivity contribution is -0.194. The molecule has 55 heavy (non-hydrogen) atoms. The molecular weight excluding hydrogens is 683 g/mol. The van der Waals surface area contributed by atoms with Gasteiger partial charge in [0.2, 0.25) is 0 Å². The molecule has 2 aromatic heterocycles. The summed E-state index contributed by atoms with van der Waals surface area (Å²) in [4.78, 5) is 31.5. The van der Waals surface area contributed by atoms with Gasteiger partial charge in [0.25, 0.3) is 0 Å². The molecule has 5 saturated carbocycles. The predicted molar refractivity (Wildman–Crippen MR) is 223 cm³/mol. The molecule has 2 heterocycles. The van der Waals surface area contributed by atoms with Crippen molar-refractivity contribution >= 4 is 12.6 Å². The number of pyridine rings is 1. The van der Waals surface area contributed by atoms with Crippen LogP contribution in [0, 0.1) is 51.2 Å². The van der Waals surface area contributed by atoms with Crippen LogP contribution in [-0.2, 0) is 11.2 Å². The van der Waals surface area contributed by atoms with Crippen molar-refractivity contribution in [3.8, 4) is 22.9 Å². The number of nitrogens with zero attached hydrogens (tertiary/aromatic N) is 3. The lowest BCUT2D eigenvalue weighted by atomic mass is 9.36. The quantitative estimate of drug-likeness (QED) is 0.162. The number of aromatic nitrogens is 4. The number of allylic oxidation sites excluding steroid dienone is 1. The minimum atomic E-state index is 0.0816. The number of aromatic amines is 1. The van der Waals surface area contributed by atoms with Gasteiger partial charge >= 0.3 is 0 Å². The molecule has 0 radical (unpaired) electrons. The third-order valence-corrected chi connectivity index (χ3v) is 15.1. The van der Waals surface area contributed by atoms with E-state index in [1.807, 2.05) is 26.1 Å². The summed E-state index contributed by atoms with van der Waals surface area (Å²) in [7, 11) is 2.94. The highest BCUT2D eigenvalue weighted by Gasteiger charge is 2.65. The maximum absolute atomic E-state index is 12.1. The van der Waals surface area contributed by atoms with Gasteiger partial charge in [0.1, 0.15) is 12.0 Å². The molecule has 3 N–H and O–H groups in total. The van der Waals surface area contributed by atoms with E-state index < -0.39 is 0 Å². The Morgan fingerprint density at radius 2 is 1.67 bits per heavy atom. The molecule has 8 unspecified atom stereocenters. The van der Waals surface area contributed by atoms with Gasteiger partial charge in [-0.2, -0.15) is 5.10 Å². The Kier molecular flexibility index (Phi) is 14.1. The minimum Gasteiger partial charge on any atom is -0.400 e. The van der Waals surface area contributed by atoms with Gasteiger partial charge < -0.3 is 15.2 Å². The fraction of sp³-hybridized carbons (Fsp3) is 0.638. The van der Waals surface area contributed by atoms with E-state index in [0.717, 1.165) is 61.5 Å². The molecule has 8 nitrogen and oxygen atoms in total. The molecule has 0 bridgehead atoms. The number of aliphatic hydroxyl groups excluding tert-OH is 1. The standard InChI is InChI=1S/C26H42O.C17H17N5O.C3H6.CH4O/c1-23(2)12-6-13-25(4)21(23)11-15-24(3)19-10-16-26(17-27)14-5-7-20(26)18(19)8-9-22(24)25;1-18-8-7-12-3-2-4-14(9-12)16-20-17(22-21-16)15-6-5-13(11-23)10-19-15;1-3-2;1-2/h17-22H,5-16H2,1-4H3;2-6,9-11,18H,7-8H2,1H3,(H,20,21,22);3H,1H2,2H3;2H,1H3. The Balaban J connectivity index is 0.000000191. The van der Waals surface area contributed by atoms with Crippen molar-refractivity contribution in [3.63, 3.8) is 0 Å². The lowest BCUT2D eigenvalue weighted by Crippen LogP contribution is -2.61.